The van der Waals surface area contributed by atoms with Gasteiger partial charge in [-0.1, -0.05) is 25.1 Å². The molecule has 2 N–H and O–H groups in total. The molecule has 0 radical (unpaired) electrons. The standard InChI is InChI=1S/C24H25FN4O3/c1-2-16-7-3-4-8-20(16)26-22(30)15-29-23(31)21(27-24(29)32)13-17-9-10-18(14-19(17)25)28-11-5-6-12-28/h3-4,7-10,13-14H,2,5-6,11-12,15H2,1H3,(H,26,30)(H,27,32)/b21-13+. The number of imide groups is 1. The topological polar surface area (TPSA) is 81.8 Å². The molecule has 2 aliphatic rings. The highest BCUT2D eigenvalue weighted by molar-refractivity contribution is 6.16. The second kappa shape index (κ2) is 9.21. The Morgan fingerprint density at radius 1 is 1.16 bits per heavy atom. The SMILES string of the molecule is CCc1ccccc1NC(=O)CN1C(=O)N/C(=C/c2ccc(N3CCCC3)cc2F)C1=O. The van der Waals surface area contributed by atoms with Gasteiger partial charge in [0.05, 0.1) is 0 Å². The van der Waals surface area contributed by atoms with E-state index in [1.807, 2.05) is 19.1 Å². The van der Waals surface area contributed by atoms with E-state index in [4.69, 9.17) is 0 Å². The van der Waals surface area contributed by atoms with Gasteiger partial charge in [0.1, 0.15) is 18.1 Å². The Morgan fingerprint density at radius 2 is 1.91 bits per heavy atom. The summed E-state index contributed by atoms with van der Waals surface area (Å²) in [5.74, 6) is -1.63. The van der Waals surface area contributed by atoms with E-state index in [9.17, 15) is 18.8 Å². The van der Waals surface area contributed by atoms with Crippen molar-refractivity contribution in [3.8, 4) is 0 Å². The third-order valence-electron chi connectivity index (χ3n) is 5.69. The number of hydrogen-bond donors (Lipinski definition) is 2. The van der Waals surface area contributed by atoms with Gasteiger partial charge < -0.3 is 15.5 Å². The fourth-order valence-corrected chi connectivity index (χ4v) is 3.96. The molecule has 0 spiro atoms. The molecule has 0 aliphatic carbocycles. The van der Waals surface area contributed by atoms with Gasteiger partial charge in [-0.05, 0) is 55.2 Å². The first-order chi connectivity index (χ1) is 15.5. The maximum Gasteiger partial charge on any atom is 0.329 e. The molecule has 8 heteroatoms. The number of nitrogens with one attached hydrogen (secondary N) is 2. The van der Waals surface area contributed by atoms with Crippen molar-refractivity contribution in [2.24, 2.45) is 0 Å². The van der Waals surface area contributed by atoms with Crippen molar-refractivity contribution in [1.82, 2.24) is 10.2 Å². The highest BCUT2D eigenvalue weighted by Gasteiger charge is 2.35. The van der Waals surface area contributed by atoms with Crippen molar-refractivity contribution in [2.75, 3.05) is 29.9 Å². The van der Waals surface area contributed by atoms with E-state index >= 15 is 0 Å². The number of aryl methyl sites for hydroxylation is 1. The second-order valence-corrected chi connectivity index (χ2v) is 7.84. The molecule has 2 fully saturated rings. The Hall–Kier alpha value is -3.68. The van der Waals surface area contributed by atoms with Gasteiger partial charge in [0.25, 0.3) is 5.91 Å². The van der Waals surface area contributed by atoms with E-state index in [2.05, 4.69) is 15.5 Å². The number of amides is 4. The molecule has 32 heavy (non-hydrogen) atoms. The van der Waals surface area contributed by atoms with E-state index in [0.29, 0.717) is 5.69 Å². The maximum absolute atomic E-state index is 14.6. The number of rotatable bonds is 6. The minimum absolute atomic E-state index is 0.0652. The van der Waals surface area contributed by atoms with Crippen LogP contribution in [0.3, 0.4) is 0 Å². The second-order valence-electron chi connectivity index (χ2n) is 7.84. The fourth-order valence-electron chi connectivity index (χ4n) is 3.96. The Balaban J connectivity index is 1.45. The van der Waals surface area contributed by atoms with E-state index in [-0.39, 0.29) is 11.3 Å². The third-order valence-corrected chi connectivity index (χ3v) is 5.69. The average Bonchev–Trinajstić information content (AvgIpc) is 3.40. The first-order valence-corrected chi connectivity index (χ1v) is 10.7. The Labute approximate surface area is 185 Å². The lowest BCUT2D eigenvalue weighted by Gasteiger charge is -2.17. The molecule has 2 heterocycles. The van der Waals surface area contributed by atoms with Crippen LogP contribution in [0.5, 0.6) is 0 Å². The lowest BCUT2D eigenvalue weighted by atomic mass is 10.1. The van der Waals surface area contributed by atoms with Gasteiger partial charge in [-0.2, -0.15) is 0 Å². The summed E-state index contributed by atoms with van der Waals surface area (Å²) in [7, 11) is 0. The largest absolute Gasteiger partial charge is 0.371 e. The Morgan fingerprint density at radius 3 is 2.62 bits per heavy atom. The van der Waals surface area contributed by atoms with Crippen LogP contribution >= 0.6 is 0 Å². The van der Waals surface area contributed by atoms with Gasteiger partial charge in [-0.25, -0.2) is 14.1 Å². The highest BCUT2D eigenvalue weighted by Crippen LogP contribution is 2.24. The minimum Gasteiger partial charge on any atom is -0.371 e. The van der Waals surface area contributed by atoms with Crippen molar-refractivity contribution < 1.29 is 18.8 Å². The first kappa shape index (κ1) is 21.5. The molecular weight excluding hydrogens is 411 g/mol. The van der Waals surface area contributed by atoms with Crippen LogP contribution < -0.4 is 15.5 Å². The molecule has 2 aromatic rings. The zero-order valence-corrected chi connectivity index (χ0v) is 17.9. The number of carbonyl (C=O) groups is 3. The summed E-state index contributed by atoms with van der Waals surface area (Å²) in [6.07, 6.45) is 4.20. The number of nitrogens with zero attached hydrogens (tertiary/aromatic N) is 2. The molecule has 166 valence electrons. The quantitative estimate of drug-likeness (QED) is 0.536. The molecule has 2 aliphatic heterocycles. The van der Waals surface area contributed by atoms with Gasteiger partial charge in [0.2, 0.25) is 5.91 Å². The number of benzene rings is 2. The summed E-state index contributed by atoms with van der Waals surface area (Å²) in [4.78, 5) is 40.3. The van der Waals surface area contributed by atoms with Crippen molar-refractivity contribution in [1.29, 1.82) is 0 Å². The molecule has 0 aromatic heterocycles. The van der Waals surface area contributed by atoms with Crippen molar-refractivity contribution in [2.45, 2.75) is 26.2 Å². The zero-order chi connectivity index (χ0) is 22.7. The van der Waals surface area contributed by atoms with Crippen LogP contribution in [-0.4, -0.2) is 42.4 Å². The fraction of sp³-hybridized carbons (Fsp3) is 0.292. The van der Waals surface area contributed by atoms with Crippen LogP contribution in [-0.2, 0) is 16.0 Å². The van der Waals surface area contributed by atoms with Crippen LogP contribution in [0.25, 0.3) is 6.08 Å². The number of carbonyl (C=O) groups excluding carboxylic acids is 3. The van der Waals surface area contributed by atoms with Gasteiger partial charge >= 0.3 is 6.03 Å². The summed E-state index contributed by atoms with van der Waals surface area (Å²) in [6, 6.07) is 11.5. The van der Waals surface area contributed by atoms with Crippen LogP contribution in [0.1, 0.15) is 30.9 Å². The smallest absolute Gasteiger partial charge is 0.329 e. The minimum atomic E-state index is -0.714. The number of para-hydroxylation sites is 1. The molecular formula is C24H25FN4O3. The monoisotopic (exact) mass is 436 g/mol. The number of hydrogen-bond acceptors (Lipinski definition) is 4. The zero-order valence-electron chi connectivity index (χ0n) is 17.9. The lowest BCUT2D eigenvalue weighted by Crippen LogP contribution is -2.38. The van der Waals surface area contributed by atoms with Crippen LogP contribution in [0, 0.1) is 5.82 Å². The molecule has 4 amide bonds. The molecule has 0 bridgehead atoms. The van der Waals surface area contributed by atoms with Crippen molar-refractivity contribution in [3.05, 3.63) is 65.1 Å². The third kappa shape index (κ3) is 4.49. The summed E-state index contributed by atoms with van der Waals surface area (Å²) in [6.45, 7) is 3.33. The molecule has 4 rings (SSSR count). The van der Waals surface area contributed by atoms with E-state index < -0.39 is 30.2 Å². The Bertz CT molecular complexity index is 1090. The molecule has 7 nitrogen and oxygen atoms in total. The molecule has 0 saturated carbocycles. The normalized spacial score (nSPS) is 17.2. The van der Waals surface area contributed by atoms with E-state index in [1.165, 1.54) is 12.1 Å². The van der Waals surface area contributed by atoms with Gasteiger partial charge in [-0.15, -0.1) is 0 Å². The van der Waals surface area contributed by atoms with E-state index in [1.54, 1.807) is 24.3 Å². The predicted octanol–water partition coefficient (Wildman–Crippen LogP) is 3.52. The summed E-state index contributed by atoms with van der Waals surface area (Å²) < 4.78 is 14.6. The Kier molecular flexibility index (Phi) is 6.20. The van der Waals surface area contributed by atoms with Gasteiger partial charge in [-0.3, -0.25) is 9.59 Å². The summed E-state index contributed by atoms with van der Waals surface area (Å²) in [5.41, 5.74) is 2.52. The number of halogens is 1. The average molecular weight is 436 g/mol. The van der Waals surface area contributed by atoms with Gasteiger partial charge in [0.15, 0.2) is 0 Å². The van der Waals surface area contributed by atoms with E-state index in [0.717, 1.165) is 48.5 Å². The van der Waals surface area contributed by atoms with Crippen LogP contribution in [0.15, 0.2) is 48.2 Å². The predicted molar refractivity (Wildman–Crippen MR) is 121 cm³/mol. The van der Waals surface area contributed by atoms with Crippen molar-refractivity contribution >= 4 is 35.3 Å². The maximum atomic E-state index is 14.6. The number of anilines is 2. The molecule has 0 atom stereocenters. The van der Waals surface area contributed by atoms with Gasteiger partial charge in [0, 0.05) is 30.0 Å². The molecule has 0 unspecified atom stereocenters. The molecule has 2 aromatic carbocycles. The summed E-state index contributed by atoms with van der Waals surface area (Å²) >= 11 is 0. The molecule has 2 saturated heterocycles. The number of urea groups is 1. The van der Waals surface area contributed by atoms with Crippen molar-refractivity contribution in [3.63, 3.8) is 0 Å². The lowest BCUT2D eigenvalue weighted by molar-refractivity contribution is -0.127. The first-order valence-electron chi connectivity index (χ1n) is 10.7. The van der Waals surface area contributed by atoms with Crippen LogP contribution in [0.2, 0.25) is 0 Å². The summed E-state index contributed by atoms with van der Waals surface area (Å²) in [5, 5.41) is 5.17. The van der Waals surface area contributed by atoms with Crippen LogP contribution in [0.4, 0.5) is 20.6 Å². The highest BCUT2D eigenvalue weighted by atomic mass is 19.1.